The molecule has 1 aliphatic carbocycles. The number of piperazine rings is 1. The fourth-order valence-electron chi connectivity index (χ4n) is 5.80. The van der Waals surface area contributed by atoms with Crippen LogP contribution in [0.4, 0.5) is 17.2 Å². The minimum Gasteiger partial charge on any atom is -0.393 e. The minimum absolute atomic E-state index is 0.166. The van der Waals surface area contributed by atoms with E-state index >= 15 is 0 Å². The molecule has 39 heavy (non-hydrogen) atoms. The largest absolute Gasteiger partial charge is 0.393 e. The second-order valence-electron chi connectivity index (χ2n) is 10.7. The second-order valence-corrected chi connectivity index (χ2v) is 10.7. The molecule has 11 nitrogen and oxygen atoms in total. The van der Waals surface area contributed by atoms with E-state index in [1.165, 1.54) is 0 Å². The van der Waals surface area contributed by atoms with Crippen LogP contribution in [-0.4, -0.2) is 75.6 Å². The van der Waals surface area contributed by atoms with Crippen molar-refractivity contribution in [1.82, 2.24) is 24.8 Å². The number of carbonyl (C=O) groups is 1. The van der Waals surface area contributed by atoms with Crippen molar-refractivity contribution < 1.29 is 9.90 Å². The molecule has 11 heteroatoms. The summed E-state index contributed by atoms with van der Waals surface area (Å²) < 4.78 is 1.60. The Morgan fingerprint density at radius 2 is 1.95 bits per heavy atom. The summed E-state index contributed by atoms with van der Waals surface area (Å²) in [5.74, 6) is 0.850. The van der Waals surface area contributed by atoms with Gasteiger partial charge in [0.1, 0.15) is 11.5 Å². The third-order valence-corrected chi connectivity index (χ3v) is 8.00. The van der Waals surface area contributed by atoms with Gasteiger partial charge in [0.2, 0.25) is 0 Å². The lowest BCUT2D eigenvalue weighted by Crippen LogP contribution is -2.46. The summed E-state index contributed by atoms with van der Waals surface area (Å²) >= 11 is 0. The van der Waals surface area contributed by atoms with Gasteiger partial charge in [0, 0.05) is 45.8 Å². The van der Waals surface area contributed by atoms with E-state index in [2.05, 4.69) is 41.5 Å². The number of hydrogen-bond donors (Lipinski definition) is 3. The first-order chi connectivity index (χ1) is 18.9. The predicted octanol–water partition coefficient (Wildman–Crippen LogP) is 2.03. The Bertz CT molecular complexity index is 1500. The summed E-state index contributed by atoms with van der Waals surface area (Å²) in [5.41, 5.74) is 4.75. The van der Waals surface area contributed by atoms with Crippen LogP contribution in [0, 0.1) is 12.8 Å². The van der Waals surface area contributed by atoms with Gasteiger partial charge in [0.05, 0.1) is 40.4 Å². The Hall–Kier alpha value is -3.83. The highest BCUT2D eigenvalue weighted by Crippen LogP contribution is 2.34. The molecule has 2 aromatic heterocycles. The van der Waals surface area contributed by atoms with E-state index in [1.54, 1.807) is 17.0 Å². The Morgan fingerprint density at radius 1 is 1.15 bits per heavy atom. The van der Waals surface area contributed by atoms with E-state index < -0.39 is 0 Å². The molecular formula is C28H34N8O3. The molecule has 1 aromatic carbocycles. The van der Waals surface area contributed by atoms with Crippen LogP contribution in [0.3, 0.4) is 0 Å². The maximum Gasteiger partial charge on any atom is 0.349 e. The number of carbonyl (C=O) groups excluding carboxylic acids is 1. The van der Waals surface area contributed by atoms with Crippen LogP contribution >= 0.6 is 0 Å². The third-order valence-electron chi connectivity index (χ3n) is 8.00. The van der Waals surface area contributed by atoms with E-state index in [-0.39, 0.29) is 17.7 Å². The maximum absolute atomic E-state index is 12.5. The first-order valence-electron chi connectivity index (χ1n) is 13.7. The highest BCUT2D eigenvalue weighted by atomic mass is 16.3. The number of amides is 1. The van der Waals surface area contributed by atoms with Gasteiger partial charge in [-0.15, -0.1) is 0 Å². The number of nitrogens with one attached hydrogen (secondary N) is 2. The number of aliphatic hydroxyl groups is 1. The normalized spacial score (nSPS) is 20.5. The number of anilines is 2. The quantitative estimate of drug-likeness (QED) is 0.423. The van der Waals surface area contributed by atoms with Gasteiger partial charge in [-0.25, -0.2) is 14.8 Å². The molecule has 3 aromatic rings. The number of rotatable bonds is 7. The summed E-state index contributed by atoms with van der Waals surface area (Å²) in [4.78, 5) is 43.1. The fraction of sp³-hybridized carbons (Fsp3) is 0.464. The maximum atomic E-state index is 12.5. The SMILES string of the molecule is CCn1c2c3c(cc(CN4CCN(c5ccc(C(=O)NCC6CC(O)C6)nc5C)CC4)cc3nc1=O)NC=N2. The van der Waals surface area contributed by atoms with Gasteiger partial charge in [-0.2, -0.15) is 4.98 Å². The van der Waals surface area contributed by atoms with E-state index in [9.17, 15) is 14.7 Å². The van der Waals surface area contributed by atoms with Crippen LogP contribution in [0.1, 0.15) is 41.5 Å². The van der Waals surface area contributed by atoms with E-state index in [0.29, 0.717) is 36.0 Å². The highest BCUT2D eigenvalue weighted by molar-refractivity contribution is 6.06. The monoisotopic (exact) mass is 530 g/mol. The number of pyridine rings is 1. The predicted molar refractivity (Wildman–Crippen MR) is 151 cm³/mol. The van der Waals surface area contributed by atoms with Gasteiger partial charge < -0.3 is 20.6 Å². The molecular weight excluding hydrogens is 496 g/mol. The number of hydrogen-bond acceptors (Lipinski definition) is 9. The van der Waals surface area contributed by atoms with Crippen molar-refractivity contribution in [3.8, 4) is 0 Å². The van der Waals surface area contributed by atoms with Gasteiger partial charge in [-0.05, 0) is 62.4 Å². The number of nitrogens with zero attached hydrogens (tertiary/aromatic N) is 6. The van der Waals surface area contributed by atoms with Crippen molar-refractivity contribution in [1.29, 1.82) is 0 Å². The summed E-state index contributed by atoms with van der Waals surface area (Å²) in [7, 11) is 0. The number of benzene rings is 1. The Labute approximate surface area is 226 Å². The highest BCUT2D eigenvalue weighted by Gasteiger charge is 2.27. The second kappa shape index (κ2) is 10.4. The summed E-state index contributed by atoms with van der Waals surface area (Å²) in [5, 5.41) is 16.5. The molecule has 1 saturated heterocycles. The Kier molecular flexibility index (Phi) is 6.78. The molecule has 2 aliphatic heterocycles. The van der Waals surface area contributed by atoms with Crippen LogP contribution in [0.2, 0.25) is 0 Å². The van der Waals surface area contributed by atoms with Gasteiger partial charge >= 0.3 is 5.69 Å². The third kappa shape index (κ3) is 4.99. The number of aliphatic imine (C=N–C) groups is 1. The van der Waals surface area contributed by atoms with Crippen molar-refractivity contribution in [2.45, 2.75) is 45.9 Å². The van der Waals surface area contributed by atoms with Crippen LogP contribution < -0.4 is 21.2 Å². The van der Waals surface area contributed by atoms with Crippen LogP contribution in [-0.2, 0) is 13.1 Å². The molecule has 0 bridgehead atoms. The topological polar surface area (TPSA) is 128 Å². The number of aliphatic hydroxyl groups excluding tert-OH is 1. The fourth-order valence-corrected chi connectivity index (χ4v) is 5.80. The van der Waals surface area contributed by atoms with Gasteiger partial charge in [-0.3, -0.25) is 14.3 Å². The van der Waals surface area contributed by atoms with Gasteiger partial charge in [-0.1, -0.05) is 0 Å². The number of aromatic nitrogens is 3. The lowest BCUT2D eigenvalue weighted by molar-refractivity contribution is 0.0419. The van der Waals surface area contributed by atoms with E-state index in [0.717, 1.165) is 73.6 Å². The first kappa shape index (κ1) is 25.4. The van der Waals surface area contributed by atoms with Crippen molar-refractivity contribution in [3.63, 3.8) is 0 Å². The minimum atomic E-state index is -0.276. The van der Waals surface area contributed by atoms with E-state index in [4.69, 9.17) is 0 Å². The smallest absolute Gasteiger partial charge is 0.349 e. The van der Waals surface area contributed by atoms with E-state index in [1.807, 2.05) is 26.0 Å². The summed E-state index contributed by atoms with van der Waals surface area (Å²) in [6.45, 7) is 9.21. The van der Waals surface area contributed by atoms with Crippen LogP contribution in [0.15, 0.2) is 34.1 Å². The molecule has 3 aliphatic rings. The van der Waals surface area contributed by atoms with Crippen LogP contribution in [0.25, 0.3) is 10.9 Å². The lowest BCUT2D eigenvalue weighted by atomic mass is 9.82. The molecule has 1 amide bonds. The Balaban J connectivity index is 1.09. The zero-order valence-electron chi connectivity index (χ0n) is 22.4. The molecule has 0 spiro atoms. The van der Waals surface area contributed by atoms with Crippen molar-refractivity contribution >= 4 is 40.3 Å². The average Bonchev–Trinajstić information content (AvgIpc) is 2.91. The molecule has 1 saturated carbocycles. The van der Waals surface area contributed by atoms with Gasteiger partial charge in [0.25, 0.3) is 5.91 Å². The van der Waals surface area contributed by atoms with Crippen molar-refractivity contribution in [2.24, 2.45) is 10.9 Å². The van der Waals surface area contributed by atoms with Crippen molar-refractivity contribution in [2.75, 3.05) is 42.9 Å². The first-order valence-corrected chi connectivity index (χ1v) is 13.7. The summed E-state index contributed by atoms with van der Waals surface area (Å²) in [6, 6.07) is 7.92. The standard InChI is InChI=1S/C28H34N8O3/c1-3-36-26-25-22(30-16-31-26)12-19(13-23(25)33-28(36)39)15-34-6-8-35(9-7-34)24-5-4-21(32-17(24)2)27(38)29-14-18-10-20(37)11-18/h4-5,12-13,16,18,20,37H,3,6-11,14-15H2,1-2H3,(H,29,38)(H,30,31). The molecule has 6 rings (SSSR count). The summed E-state index contributed by atoms with van der Waals surface area (Å²) in [6.07, 6.45) is 2.92. The van der Waals surface area contributed by atoms with Crippen LogP contribution in [0.5, 0.6) is 0 Å². The Morgan fingerprint density at radius 3 is 2.67 bits per heavy atom. The van der Waals surface area contributed by atoms with Gasteiger partial charge in [0.15, 0.2) is 0 Å². The molecule has 204 valence electrons. The number of aryl methyl sites for hydroxylation is 1. The molecule has 0 unspecified atom stereocenters. The average molecular weight is 531 g/mol. The molecule has 0 radical (unpaired) electrons. The molecule has 4 heterocycles. The lowest BCUT2D eigenvalue weighted by Gasteiger charge is -2.36. The van der Waals surface area contributed by atoms with Crippen molar-refractivity contribution in [3.05, 3.63) is 51.7 Å². The zero-order chi connectivity index (χ0) is 27.1. The zero-order valence-corrected chi connectivity index (χ0v) is 22.4. The molecule has 2 fully saturated rings. The molecule has 0 atom stereocenters. The molecule has 3 N–H and O–H groups in total.